The highest BCUT2D eigenvalue weighted by Gasteiger charge is 2.34. The van der Waals surface area contributed by atoms with Crippen LogP contribution in [0.2, 0.25) is 0 Å². The van der Waals surface area contributed by atoms with Gasteiger partial charge >= 0.3 is 0 Å². The fourth-order valence-corrected chi connectivity index (χ4v) is 6.00. The standard InChI is InChI=1S/C27H18N2O3S3/c1-17-9-12-20(13-10-17)34-24-14-11-18(15-23(24)29(31)32)16-25-26(30)28(27(33)35-25)22-8-4-6-19-5-2-3-7-21(19)22/h2-16H,1H3. The van der Waals surface area contributed by atoms with Gasteiger partial charge in [0.05, 0.1) is 20.4 Å². The van der Waals surface area contributed by atoms with E-state index in [1.807, 2.05) is 73.7 Å². The highest BCUT2D eigenvalue weighted by molar-refractivity contribution is 8.27. The van der Waals surface area contributed by atoms with Gasteiger partial charge in [0, 0.05) is 16.3 Å². The summed E-state index contributed by atoms with van der Waals surface area (Å²) < 4.78 is 0.429. The summed E-state index contributed by atoms with van der Waals surface area (Å²) in [4.78, 5) is 28.2. The lowest BCUT2D eigenvalue weighted by Gasteiger charge is -2.17. The van der Waals surface area contributed by atoms with Gasteiger partial charge in [0.25, 0.3) is 11.6 Å². The largest absolute Gasteiger partial charge is 0.283 e. The second-order valence-corrected chi connectivity index (χ2v) is 10.7. The van der Waals surface area contributed by atoms with E-state index in [-0.39, 0.29) is 11.6 Å². The van der Waals surface area contributed by atoms with Crippen molar-refractivity contribution in [2.45, 2.75) is 16.7 Å². The first kappa shape index (κ1) is 23.3. The summed E-state index contributed by atoms with van der Waals surface area (Å²) in [6.07, 6.45) is 1.66. The van der Waals surface area contributed by atoms with E-state index >= 15 is 0 Å². The lowest BCUT2D eigenvalue weighted by molar-refractivity contribution is -0.387. The molecule has 0 spiro atoms. The van der Waals surface area contributed by atoms with Crippen LogP contribution in [0.3, 0.4) is 0 Å². The zero-order valence-corrected chi connectivity index (χ0v) is 21.0. The molecule has 1 saturated heterocycles. The molecule has 4 aromatic carbocycles. The number of rotatable bonds is 5. The topological polar surface area (TPSA) is 63.5 Å². The van der Waals surface area contributed by atoms with Crippen LogP contribution in [0.5, 0.6) is 0 Å². The maximum absolute atomic E-state index is 13.3. The monoisotopic (exact) mass is 514 g/mol. The molecule has 1 aliphatic rings. The highest BCUT2D eigenvalue weighted by Crippen LogP contribution is 2.40. The van der Waals surface area contributed by atoms with E-state index in [9.17, 15) is 14.9 Å². The number of hydrogen-bond donors (Lipinski definition) is 0. The summed E-state index contributed by atoms with van der Waals surface area (Å²) in [5, 5.41) is 13.7. The van der Waals surface area contributed by atoms with Gasteiger partial charge in [-0.3, -0.25) is 19.8 Å². The summed E-state index contributed by atoms with van der Waals surface area (Å²) in [5.74, 6) is -0.239. The molecule has 35 heavy (non-hydrogen) atoms. The van der Waals surface area contributed by atoms with E-state index in [1.54, 1.807) is 18.2 Å². The van der Waals surface area contributed by atoms with Gasteiger partial charge in [0.1, 0.15) is 0 Å². The van der Waals surface area contributed by atoms with Crippen LogP contribution in [0, 0.1) is 17.0 Å². The van der Waals surface area contributed by atoms with Crippen molar-refractivity contribution in [3.63, 3.8) is 0 Å². The molecule has 0 aliphatic carbocycles. The summed E-state index contributed by atoms with van der Waals surface area (Å²) in [6.45, 7) is 1.99. The molecular formula is C27H18N2O3S3. The van der Waals surface area contributed by atoms with Crippen molar-refractivity contribution in [3.8, 4) is 0 Å². The van der Waals surface area contributed by atoms with E-state index in [4.69, 9.17) is 12.2 Å². The number of nitro benzene ring substituents is 1. The highest BCUT2D eigenvalue weighted by atomic mass is 32.2. The molecule has 1 heterocycles. The van der Waals surface area contributed by atoms with Crippen LogP contribution in [0.1, 0.15) is 11.1 Å². The molecular weight excluding hydrogens is 497 g/mol. The van der Waals surface area contributed by atoms with Crippen LogP contribution in [0.4, 0.5) is 11.4 Å². The number of thiocarbonyl (C=S) groups is 1. The van der Waals surface area contributed by atoms with Crippen LogP contribution >= 0.6 is 35.7 Å². The first-order chi connectivity index (χ1) is 16.9. The normalized spacial score (nSPS) is 14.8. The number of nitrogens with zero attached hydrogens (tertiary/aromatic N) is 2. The Balaban J connectivity index is 1.47. The number of amides is 1. The molecule has 0 radical (unpaired) electrons. The fourth-order valence-electron chi connectivity index (χ4n) is 3.82. The van der Waals surface area contributed by atoms with E-state index in [1.165, 1.54) is 34.5 Å². The Morgan fingerprint density at radius 1 is 1.00 bits per heavy atom. The van der Waals surface area contributed by atoms with Gasteiger partial charge in [0.2, 0.25) is 0 Å². The summed E-state index contributed by atoms with van der Waals surface area (Å²) in [5.41, 5.74) is 2.42. The number of hydrogen-bond acceptors (Lipinski definition) is 6. The number of aryl methyl sites for hydroxylation is 1. The molecule has 5 rings (SSSR count). The maximum Gasteiger partial charge on any atom is 0.283 e. The Labute approximate surface area is 216 Å². The third-order valence-corrected chi connectivity index (χ3v) is 7.90. The minimum Gasteiger partial charge on any atom is -0.268 e. The van der Waals surface area contributed by atoms with Gasteiger partial charge < -0.3 is 0 Å². The molecule has 4 aromatic rings. The predicted octanol–water partition coefficient (Wildman–Crippen LogP) is 7.61. The van der Waals surface area contributed by atoms with Gasteiger partial charge in [-0.25, -0.2) is 0 Å². The number of thioether (sulfide) groups is 1. The quantitative estimate of drug-likeness (QED) is 0.118. The van der Waals surface area contributed by atoms with Crippen molar-refractivity contribution < 1.29 is 9.72 Å². The van der Waals surface area contributed by atoms with Gasteiger partial charge in [-0.15, -0.1) is 0 Å². The van der Waals surface area contributed by atoms with Gasteiger partial charge in [-0.1, -0.05) is 95.9 Å². The number of carbonyl (C=O) groups excluding carboxylic acids is 1. The second-order valence-electron chi connectivity index (χ2n) is 7.91. The minimum absolute atomic E-state index is 0.00569. The summed E-state index contributed by atoms with van der Waals surface area (Å²) in [6, 6.07) is 26.4. The van der Waals surface area contributed by atoms with Crippen molar-refractivity contribution in [2.75, 3.05) is 4.90 Å². The minimum atomic E-state index is -0.394. The zero-order valence-electron chi connectivity index (χ0n) is 18.5. The van der Waals surface area contributed by atoms with E-state index in [2.05, 4.69) is 0 Å². The van der Waals surface area contributed by atoms with Crippen molar-refractivity contribution in [3.05, 3.63) is 111 Å². The molecule has 1 aliphatic heterocycles. The average Bonchev–Trinajstić information content (AvgIpc) is 3.13. The van der Waals surface area contributed by atoms with Gasteiger partial charge in [-0.05, 0) is 48.2 Å². The number of anilines is 1. The Morgan fingerprint density at radius 2 is 1.74 bits per heavy atom. The van der Waals surface area contributed by atoms with Gasteiger partial charge in [0.15, 0.2) is 4.32 Å². The first-order valence-electron chi connectivity index (χ1n) is 10.7. The number of nitro groups is 1. The molecule has 0 saturated carbocycles. The third kappa shape index (κ3) is 4.73. The average molecular weight is 515 g/mol. The van der Waals surface area contributed by atoms with Crippen LogP contribution in [0.25, 0.3) is 16.8 Å². The maximum atomic E-state index is 13.3. The van der Waals surface area contributed by atoms with Gasteiger partial charge in [-0.2, -0.15) is 0 Å². The SMILES string of the molecule is Cc1ccc(Sc2ccc(C=C3SC(=S)N(c4cccc5ccccc45)C3=O)cc2[N+](=O)[O-])cc1. The van der Waals surface area contributed by atoms with Crippen LogP contribution < -0.4 is 4.90 Å². The van der Waals surface area contributed by atoms with Crippen molar-refractivity contribution in [1.29, 1.82) is 0 Å². The molecule has 5 nitrogen and oxygen atoms in total. The fraction of sp³-hybridized carbons (Fsp3) is 0.0370. The number of carbonyl (C=O) groups is 1. The predicted molar refractivity (Wildman–Crippen MR) is 148 cm³/mol. The zero-order chi connectivity index (χ0) is 24.5. The molecule has 172 valence electrons. The van der Waals surface area contributed by atoms with E-state index < -0.39 is 4.92 Å². The van der Waals surface area contributed by atoms with Crippen LogP contribution in [0.15, 0.2) is 99.6 Å². The molecule has 0 N–H and O–H groups in total. The molecule has 0 atom stereocenters. The van der Waals surface area contributed by atoms with E-state index in [0.29, 0.717) is 19.7 Å². The first-order valence-corrected chi connectivity index (χ1v) is 12.7. The smallest absolute Gasteiger partial charge is 0.268 e. The molecule has 1 amide bonds. The van der Waals surface area contributed by atoms with Crippen molar-refractivity contribution in [1.82, 2.24) is 0 Å². The lowest BCUT2D eigenvalue weighted by atomic mass is 10.1. The Morgan fingerprint density at radius 3 is 2.51 bits per heavy atom. The summed E-state index contributed by atoms with van der Waals surface area (Å²) >= 11 is 8.08. The second kappa shape index (κ2) is 9.65. The molecule has 8 heteroatoms. The van der Waals surface area contributed by atoms with E-state index in [0.717, 1.165) is 26.9 Å². The molecule has 0 unspecified atom stereocenters. The number of fused-ring (bicyclic) bond motifs is 1. The Hall–Kier alpha value is -3.46. The molecule has 1 fully saturated rings. The third-order valence-electron chi connectivity index (χ3n) is 5.53. The summed E-state index contributed by atoms with van der Waals surface area (Å²) in [7, 11) is 0. The Bertz CT molecular complexity index is 1530. The number of benzene rings is 4. The molecule has 0 aromatic heterocycles. The Kier molecular flexibility index (Phi) is 6.42. The van der Waals surface area contributed by atoms with Crippen molar-refractivity contribution >= 4 is 74.2 Å². The molecule has 0 bridgehead atoms. The lowest BCUT2D eigenvalue weighted by Crippen LogP contribution is -2.27. The van der Waals surface area contributed by atoms with Crippen LogP contribution in [-0.4, -0.2) is 15.2 Å². The van der Waals surface area contributed by atoms with Crippen LogP contribution in [-0.2, 0) is 4.79 Å². The van der Waals surface area contributed by atoms with Crippen molar-refractivity contribution in [2.24, 2.45) is 0 Å².